The zero-order valence-electron chi connectivity index (χ0n) is 12.6. The van der Waals surface area contributed by atoms with Gasteiger partial charge < -0.3 is 0 Å². The van der Waals surface area contributed by atoms with Gasteiger partial charge in [-0.05, 0) is 29.0 Å². The summed E-state index contributed by atoms with van der Waals surface area (Å²) in [5, 5.41) is 5.14. The first-order chi connectivity index (χ1) is 11.3. The number of fused-ring (bicyclic) bond motifs is 1. The van der Waals surface area contributed by atoms with E-state index >= 15 is 0 Å². The number of hydrogen-bond donors (Lipinski definition) is 1. The summed E-state index contributed by atoms with van der Waals surface area (Å²) in [6.45, 7) is 2.00. The van der Waals surface area contributed by atoms with Crippen molar-refractivity contribution in [1.29, 1.82) is 0 Å². The Morgan fingerprint density at radius 2 is 2.00 bits per heavy atom. The van der Waals surface area contributed by atoms with Gasteiger partial charge in [-0.3, -0.25) is 9.89 Å². The molecule has 0 amide bonds. The van der Waals surface area contributed by atoms with Gasteiger partial charge in [0.15, 0.2) is 5.65 Å². The van der Waals surface area contributed by atoms with Crippen LogP contribution < -0.4 is 5.56 Å². The van der Waals surface area contributed by atoms with Crippen LogP contribution in [0.3, 0.4) is 0 Å². The molecule has 3 heterocycles. The third-order valence-electron chi connectivity index (χ3n) is 3.88. The summed E-state index contributed by atoms with van der Waals surface area (Å²) in [6.07, 6.45) is 2.60. The lowest BCUT2D eigenvalue weighted by atomic mass is 10.1. The molecule has 0 fully saturated rings. The van der Waals surface area contributed by atoms with E-state index in [2.05, 4.69) is 33.7 Å². The first kappa shape index (κ1) is 14.0. The van der Waals surface area contributed by atoms with Gasteiger partial charge in [0, 0.05) is 22.8 Å². The van der Waals surface area contributed by atoms with Gasteiger partial charge in [0.05, 0.1) is 5.56 Å². The predicted octanol–water partition coefficient (Wildman–Crippen LogP) is 3.98. The number of nitrogens with zero attached hydrogens (tertiary/aromatic N) is 2. The number of H-pyrrole nitrogens is 1. The molecule has 0 saturated carbocycles. The summed E-state index contributed by atoms with van der Waals surface area (Å²) in [5.41, 5.74) is 4.77. The van der Waals surface area contributed by atoms with Crippen LogP contribution in [-0.2, 0) is 6.42 Å². The maximum atomic E-state index is 12.1. The van der Waals surface area contributed by atoms with Gasteiger partial charge in [0.25, 0.3) is 5.56 Å². The van der Waals surface area contributed by atoms with Gasteiger partial charge >= 0.3 is 0 Å². The molecule has 5 heteroatoms. The predicted molar refractivity (Wildman–Crippen MR) is 93.9 cm³/mol. The summed E-state index contributed by atoms with van der Waals surface area (Å²) >= 11 is 1.66. The molecular formula is C18H15N3OS. The molecule has 0 aliphatic carbocycles. The van der Waals surface area contributed by atoms with Gasteiger partial charge in [-0.2, -0.15) is 0 Å². The molecular weight excluding hydrogens is 306 g/mol. The van der Waals surface area contributed by atoms with Crippen LogP contribution >= 0.6 is 11.3 Å². The third kappa shape index (κ3) is 2.39. The number of rotatable bonds is 3. The topological polar surface area (TPSA) is 50.2 Å². The summed E-state index contributed by atoms with van der Waals surface area (Å²) in [4.78, 5) is 17.8. The van der Waals surface area contributed by atoms with Crippen molar-refractivity contribution in [2.24, 2.45) is 0 Å². The number of hydrogen-bond acceptors (Lipinski definition) is 3. The van der Waals surface area contributed by atoms with E-state index in [0.29, 0.717) is 5.65 Å². The first-order valence-corrected chi connectivity index (χ1v) is 8.38. The Bertz CT molecular complexity index is 1030. The van der Waals surface area contributed by atoms with Crippen LogP contribution in [0.1, 0.15) is 12.6 Å². The Kier molecular flexibility index (Phi) is 3.35. The molecule has 4 nitrogen and oxygen atoms in total. The number of aromatic amines is 1. The van der Waals surface area contributed by atoms with Crippen molar-refractivity contribution in [2.45, 2.75) is 13.3 Å². The van der Waals surface area contributed by atoms with Crippen LogP contribution in [0.25, 0.3) is 27.2 Å². The Hall–Kier alpha value is -2.66. The largest absolute Gasteiger partial charge is 0.296 e. The summed E-state index contributed by atoms with van der Waals surface area (Å²) < 4.78 is 1.50. The Balaban J connectivity index is 1.86. The highest BCUT2D eigenvalue weighted by Gasteiger charge is 2.12. The minimum absolute atomic E-state index is 0.0714. The van der Waals surface area contributed by atoms with Gasteiger partial charge in [-0.1, -0.05) is 37.3 Å². The van der Waals surface area contributed by atoms with Gasteiger partial charge in [-0.15, -0.1) is 11.3 Å². The minimum Gasteiger partial charge on any atom is -0.296 e. The zero-order valence-corrected chi connectivity index (χ0v) is 13.4. The van der Waals surface area contributed by atoms with Crippen LogP contribution in [0.15, 0.2) is 58.8 Å². The van der Waals surface area contributed by atoms with E-state index in [0.717, 1.165) is 22.6 Å². The van der Waals surface area contributed by atoms with Crippen LogP contribution in [-0.4, -0.2) is 14.6 Å². The molecule has 0 spiro atoms. The highest BCUT2D eigenvalue weighted by molar-refractivity contribution is 7.14. The van der Waals surface area contributed by atoms with E-state index < -0.39 is 0 Å². The van der Waals surface area contributed by atoms with Crippen LogP contribution in [0.4, 0.5) is 0 Å². The van der Waals surface area contributed by atoms with Crippen molar-refractivity contribution in [3.8, 4) is 21.6 Å². The third-order valence-corrected chi connectivity index (χ3v) is 4.85. The van der Waals surface area contributed by atoms with Crippen LogP contribution in [0.2, 0.25) is 0 Å². The summed E-state index contributed by atoms with van der Waals surface area (Å²) in [5.74, 6) is 0. The quantitative estimate of drug-likeness (QED) is 0.620. The van der Waals surface area contributed by atoms with E-state index in [-0.39, 0.29) is 5.56 Å². The lowest BCUT2D eigenvalue weighted by molar-refractivity contribution is 0.876. The molecule has 3 aromatic heterocycles. The average Bonchev–Trinajstić information content (AvgIpc) is 3.22. The Morgan fingerprint density at radius 1 is 1.17 bits per heavy atom. The number of benzene rings is 1. The van der Waals surface area contributed by atoms with E-state index in [1.807, 2.05) is 31.3 Å². The molecule has 1 N–H and O–H groups in total. The molecule has 23 heavy (non-hydrogen) atoms. The fraction of sp³-hybridized carbons (Fsp3) is 0.111. The van der Waals surface area contributed by atoms with E-state index in [4.69, 9.17) is 0 Å². The summed E-state index contributed by atoms with van der Waals surface area (Å²) in [7, 11) is 0. The number of aryl methyl sites for hydroxylation is 1. The fourth-order valence-corrected chi connectivity index (χ4v) is 3.58. The smallest absolute Gasteiger partial charge is 0.272 e. The molecule has 0 aliphatic rings. The highest BCUT2D eigenvalue weighted by Crippen LogP contribution is 2.33. The molecule has 0 bridgehead atoms. The molecule has 114 valence electrons. The molecule has 0 saturated heterocycles. The zero-order chi connectivity index (χ0) is 15.8. The SMILES string of the molecule is CCc1cc(=O)n2[nH]cc(-c3cc(-c4ccccc4)cs3)c2n1. The van der Waals surface area contributed by atoms with Crippen molar-refractivity contribution >= 4 is 17.0 Å². The van der Waals surface area contributed by atoms with E-state index in [9.17, 15) is 4.79 Å². The fourth-order valence-electron chi connectivity index (χ4n) is 2.65. The molecule has 0 aliphatic heterocycles. The Morgan fingerprint density at radius 3 is 2.78 bits per heavy atom. The van der Waals surface area contributed by atoms with Crippen molar-refractivity contribution in [1.82, 2.24) is 14.6 Å². The van der Waals surface area contributed by atoms with Gasteiger partial charge in [0.1, 0.15) is 0 Å². The van der Waals surface area contributed by atoms with Crippen LogP contribution in [0.5, 0.6) is 0 Å². The average molecular weight is 321 g/mol. The second kappa shape index (κ2) is 5.52. The van der Waals surface area contributed by atoms with Crippen molar-refractivity contribution in [3.05, 3.63) is 70.1 Å². The van der Waals surface area contributed by atoms with Gasteiger partial charge in [-0.25, -0.2) is 9.50 Å². The highest BCUT2D eigenvalue weighted by atomic mass is 32.1. The monoisotopic (exact) mass is 321 g/mol. The normalized spacial score (nSPS) is 11.2. The molecule has 4 rings (SSSR count). The van der Waals surface area contributed by atoms with Crippen molar-refractivity contribution in [2.75, 3.05) is 0 Å². The number of aromatic nitrogens is 3. The lowest BCUT2D eigenvalue weighted by Gasteiger charge is -1.99. The van der Waals surface area contributed by atoms with E-state index in [1.165, 1.54) is 15.6 Å². The summed E-state index contributed by atoms with van der Waals surface area (Å²) in [6, 6.07) is 14.0. The second-order valence-electron chi connectivity index (χ2n) is 5.35. The molecule has 1 aromatic carbocycles. The van der Waals surface area contributed by atoms with Crippen molar-refractivity contribution < 1.29 is 0 Å². The molecule has 4 aromatic rings. The maximum absolute atomic E-state index is 12.1. The molecule has 0 unspecified atom stereocenters. The van der Waals surface area contributed by atoms with Crippen molar-refractivity contribution in [3.63, 3.8) is 0 Å². The first-order valence-electron chi connectivity index (χ1n) is 7.50. The number of thiophene rings is 1. The van der Waals surface area contributed by atoms with Gasteiger partial charge in [0.2, 0.25) is 0 Å². The second-order valence-corrected chi connectivity index (χ2v) is 6.26. The minimum atomic E-state index is -0.0714. The molecule has 0 atom stereocenters. The van der Waals surface area contributed by atoms with Crippen LogP contribution in [0, 0.1) is 0 Å². The lowest BCUT2D eigenvalue weighted by Crippen LogP contribution is -2.15. The Labute approximate surface area is 137 Å². The standard InChI is InChI=1S/C18H15N3OS/c1-2-14-9-17(22)21-18(20-14)15(10-19-21)16-8-13(11-23-16)12-6-4-3-5-7-12/h3-11,19H,2H2,1H3. The maximum Gasteiger partial charge on any atom is 0.272 e. The van der Waals surface area contributed by atoms with E-state index in [1.54, 1.807) is 17.4 Å². The number of nitrogens with one attached hydrogen (secondary N) is 1. The molecule has 0 radical (unpaired) electrons.